The Bertz CT molecular complexity index is 450. The van der Waals surface area contributed by atoms with E-state index in [1.807, 2.05) is 24.3 Å². The lowest BCUT2D eigenvalue weighted by Crippen LogP contribution is -2.00. The van der Waals surface area contributed by atoms with E-state index in [0.717, 1.165) is 17.5 Å². The molecule has 0 heterocycles. The quantitative estimate of drug-likeness (QED) is 0.798. The van der Waals surface area contributed by atoms with E-state index in [0.29, 0.717) is 19.6 Å². The summed E-state index contributed by atoms with van der Waals surface area (Å²) < 4.78 is 0. The van der Waals surface area contributed by atoms with E-state index in [1.54, 1.807) is 0 Å². The first-order valence-corrected chi connectivity index (χ1v) is 6.99. The van der Waals surface area contributed by atoms with Crippen molar-refractivity contribution in [2.24, 2.45) is 17.2 Å². The van der Waals surface area contributed by atoms with Gasteiger partial charge in [0.05, 0.1) is 0 Å². The third-order valence-electron chi connectivity index (χ3n) is 3.13. The van der Waals surface area contributed by atoms with Gasteiger partial charge in [-0.3, -0.25) is 0 Å². The number of nitrogens with two attached hydrogens (primary N) is 3. The zero-order valence-electron chi connectivity index (χ0n) is 12.2. The summed E-state index contributed by atoms with van der Waals surface area (Å²) in [5.41, 5.74) is 21.2. The molecule has 3 nitrogen and oxygen atoms in total. The molecule has 0 unspecified atom stereocenters. The zero-order valence-corrected chi connectivity index (χ0v) is 12.2. The van der Waals surface area contributed by atoms with Gasteiger partial charge in [-0.1, -0.05) is 55.5 Å². The molecule has 0 aliphatic rings. The topological polar surface area (TPSA) is 78.1 Å². The largest absolute Gasteiger partial charge is 0.326 e. The average Bonchev–Trinajstić information content (AvgIpc) is 2.55. The van der Waals surface area contributed by atoms with Gasteiger partial charge >= 0.3 is 0 Å². The van der Waals surface area contributed by atoms with Gasteiger partial charge in [0.1, 0.15) is 0 Å². The molecule has 20 heavy (non-hydrogen) atoms. The van der Waals surface area contributed by atoms with Gasteiger partial charge in [0, 0.05) is 19.6 Å². The fourth-order valence-corrected chi connectivity index (χ4v) is 1.79. The minimum Gasteiger partial charge on any atom is -0.326 e. The maximum atomic E-state index is 5.44. The van der Waals surface area contributed by atoms with Crippen LogP contribution in [0.25, 0.3) is 0 Å². The molecule has 6 N–H and O–H groups in total. The second-order valence-corrected chi connectivity index (χ2v) is 4.60. The summed E-state index contributed by atoms with van der Waals surface area (Å²) in [6.07, 6.45) is 1.10. The van der Waals surface area contributed by atoms with Crippen molar-refractivity contribution in [2.75, 3.05) is 0 Å². The number of hydrogen-bond donors (Lipinski definition) is 3. The van der Waals surface area contributed by atoms with Gasteiger partial charge < -0.3 is 17.2 Å². The third-order valence-corrected chi connectivity index (χ3v) is 3.13. The van der Waals surface area contributed by atoms with Gasteiger partial charge in [0.15, 0.2) is 0 Å². The van der Waals surface area contributed by atoms with Crippen LogP contribution in [0.15, 0.2) is 48.5 Å². The van der Waals surface area contributed by atoms with Crippen molar-refractivity contribution in [3.63, 3.8) is 0 Å². The third kappa shape index (κ3) is 5.53. The maximum absolute atomic E-state index is 5.44. The molecule has 0 spiro atoms. The molecule has 0 radical (unpaired) electrons. The Morgan fingerprint density at radius 3 is 1.50 bits per heavy atom. The summed E-state index contributed by atoms with van der Waals surface area (Å²) in [6.45, 7) is 3.98. The minimum atomic E-state index is 0.591. The molecule has 108 valence electrons. The Balaban J connectivity index is 0.000000200. The van der Waals surface area contributed by atoms with Gasteiger partial charge in [-0.15, -0.1) is 0 Å². The van der Waals surface area contributed by atoms with Crippen LogP contribution in [0, 0.1) is 0 Å². The Kier molecular flexibility index (Phi) is 7.58. The summed E-state index contributed by atoms with van der Waals surface area (Å²) in [7, 11) is 0. The predicted molar refractivity (Wildman–Crippen MR) is 85.9 cm³/mol. The van der Waals surface area contributed by atoms with Crippen LogP contribution in [0.5, 0.6) is 0 Å². The first-order valence-electron chi connectivity index (χ1n) is 6.99. The molecular weight excluding hydrogens is 246 g/mol. The Morgan fingerprint density at radius 2 is 1.10 bits per heavy atom. The van der Waals surface area contributed by atoms with Crippen molar-refractivity contribution >= 4 is 0 Å². The highest BCUT2D eigenvalue weighted by Gasteiger charge is 1.90. The number of benzene rings is 2. The molecule has 2 rings (SSSR count). The lowest BCUT2D eigenvalue weighted by atomic mass is 10.1. The van der Waals surface area contributed by atoms with Crippen LogP contribution >= 0.6 is 0 Å². The zero-order chi connectivity index (χ0) is 14.8. The smallest absolute Gasteiger partial charge is 0.0178 e. The molecule has 2 aromatic rings. The van der Waals surface area contributed by atoms with E-state index in [4.69, 9.17) is 17.2 Å². The van der Waals surface area contributed by atoms with Gasteiger partial charge in [0.2, 0.25) is 0 Å². The number of aryl methyl sites for hydroxylation is 1. The molecule has 0 bridgehead atoms. The fourth-order valence-electron chi connectivity index (χ4n) is 1.79. The summed E-state index contributed by atoms with van der Waals surface area (Å²) in [4.78, 5) is 0. The van der Waals surface area contributed by atoms with Crippen LogP contribution in [0.2, 0.25) is 0 Å². The van der Waals surface area contributed by atoms with Crippen LogP contribution in [-0.4, -0.2) is 0 Å². The van der Waals surface area contributed by atoms with E-state index in [2.05, 4.69) is 31.2 Å². The molecule has 0 aromatic heterocycles. The average molecular weight is 271 g/mol. The highest BCUT2D eigenvalue weighted by molar-refractivity contribution is 5.23. The summed E-state index contributed by atoms with van der Waals surface area (Å²) >= 11 is 0. The van der Waals surface area contributed by atoms with Crippen molar-refractivity contribution in [3.05, 3.63) is 70.8 Å². The highest BCUT2D eigenvalue weighted by atomic mass is 14.5. The lowest BCUT2D eigenvalue weighted by molar-refractivity contribution is 1.03. The van der Waals surface area contributed by atoms with E-state index in [1.165, 1.54) is 11.1 Å². The van der Waals surface area contributed by atoms with E-state index < -0.39 is 0 Å². The molecule has 0 atom stereocenters. The van der Waals surface area contributed by atoms with Crippen molar-refractivity contribution < 1.29 is 0 Å². The predicted octanol–water partition coefficient (Wildman–Crippen LogP) is 2.31. The standard InChI is InChI=1S/C9H13N.C8H12N2/c1-2-8-3-5-9(7-10)6-4-8;9-5-7-2-1-3-8(4-7)6-10/h3-6H,2,7,10H2,1H3;1-4H,5-6,9-10H2. The molecule has 0 amide bonds. The van der Waals surface area contributed by atoms with E-state index in [9.17, 15) is 0 Å². The van der Waals surface area contributed by atoms with Crippen LogP contribution in [0.1, 0.15) is 29.2 Å². The molecule has 0 saturated carbocycles. The first-order chi connectivity index (χ1) is 9.73. The SMILES string of the molecule is CCc1ccc(CN)cc1.NCc1cccc(CN)c1. The molecule has 2 aromatic carbocycles. The highest BCUT2D eigenvalue weighted by Crippen LogP contribution is 2.03. The summed E-state index contributed by atoms with van der Waals surface area (Å²) in [6, 6.07) is 16.4. The second kappa shape index (κ2) is 9.26. The number of rotatable bonds is 4. The van der Waals surface area contributed by atoms with Crippen molar-refractivity contribution in [3.8, 4) is 0 Å². The van der Waals surface area contributed by atoms with Crippen LogP contribution in [0.3, 0.4) is 0 Å². The van der Waals surface area contributed by atoms with Gasteiger partial charge in [-0.05, 0) is 28.7 Å². The van der Waals surface area contributed by atoms with Crippen LogP contribution in [-0.2, 0) is 26.1 Å². The van der Waals surface area contributed by atoms with Crippen molar-refractivity contribution in [1.29, 1.82) is 0 Å². The van der Waals surface area contributed by atoms with Crippen molar-refractivity contribution in [2.45, 2.75) is 33.0 Å². The normalized spacial score (nSPS) is 9.80. The molecule has 0 saturated heterocycles. The van der Waals surface area contributed by atoms with Gasteiger partial charge in [-0.25, -0.2) is 0 Å². The van der Waals surface area contributed by atoms with Crippen LogP contribution < -0.4 is 17.2 Å². The first kappa shape index (κ1) is 16.4. The minimum absolute atomic E-state index is 0.591. The molecule has 0 fully saturated rings. The van der Waals surface area contributed by atoms with E-state index >= 15 is 0 Å². The Hall–Kier alpha value is -1.68. The Morgan fingerprint density at radius 1 is 0.650 bits per heavy atom. The molecular formula is C17H25N3. The summed E-state index contributed by atoms with van der Waals surface area (Å²) in [5, 5.41) is 0. The summed E-state index contributed by atoms with van der Waals surface area (Å²) in [5.74, 6) is 0. The van der Waals surface area contributed by atoms with E-state index in [-0.39, 0.29) is 0 Å². The molecule has 0 aliphatic carbocycles. The fraction of sp³-hybridized carbons (Fsp3) is 0.294. The second-order valence-electron chi connectivity index (χ2n) is 4.60. The lowest BCUT2D eigenvalue weighted by Gasteiger charge is -1.98. The molecule has 0 aliphatic heterocycles. The number of hydrogen-bond acceptors (Lipinski definition) is 3. The molecule has 3 heteroatoms. The Labute approximate surface area is 121 Å². The van der Waals surface area contributed by atoms with Crippen LogP contribution in [0.4, 0.5) is 0 Å². The monoisotopic (exact) mass is 271 g/mol. The maximum Gasteiger partial charge on any atom is 0.0178 e. The van der Waals surface area contributed by atoms with Gasteiger partial charge in [-0.2, -0.15) is 0 Å². The van der Waals surface area contributed by atoms with Gasteiger partial charge in [0.25, 0.3) is 0 Å². The van der Waals surface area contributed by atoms with Crippen molar-refractivity contribution in [1.82, 2.24) is 0 Å².